The van der Waals surface area contributed by atoms with E-state index >= 15 is 0 Å². The number of hydrogen-bond acceptors (Lipinski definition) is 4. The first-order chi connectivity index (χ1) is 17.1. The number of rotatable bonds is 10. The Bertz CT molecular complexity index is 1260. The Kier molecular flexibility index (Phi) is 8.11. The van der Waals surface area contributed by atoms with Crippen LogP contribution in [0.2, 0.25) is 0 Å². The third kappa shape index (κ3) is 6.06. The van der Waals surface area contributed by atoms with E-state index in [4.69, 9.17) is 9.72 Å². The van der Waals surface area contributed by atoms with Crippen molar-refractivity contribution in [3.05, 3.63) is 96.1 Å². The summed E-state index contributed by atoms with van der Waals surface area (Å²) in [5.74, 6) is 0.646. The quantitative estimate of drug-likeness (QED) is 0.327. The lowest BCUT2D eigenvalue weighted by atomic mass is 9.99. The number of nitrogens with one attached hydrogen (secondary N) is 1. The average molecular weight is 468 g/mol. The number of likely N-dealkylation sites (N-methyl/N-ethyl adjacent to an activating group) is 1. The predicted octanol–water partition coefficient (Wildman–Crippen LogP) is 5.65. The van der Waals surface area contributed by atoms with Crippen molar-refractivity contribution in [3.63, 3.8) is 0 Å². The number of hydrogen-bond donors (Lipinski definition) is 1. The molecule has 4 aromatic rings. The molecule has 0 aliphatic heterocycles. The van der Waals surface area contributed by atoms with Crippen LogP contribution in [0.4, 0.5) is 0 Å². The fourth-order valence-corrected chi connectivity index (χ4v) is 4.23. The van der Waals surface area contributed by atoms with Crippen LogP contribution in [0.1, 0.15) is 30.5 Å². The molecule has 0 bridgehead atoms. The van der Waals surface area contributed by atoms with Crippen LogP contribution >= 0.6 is 0 Å². The first-order valence-electron chi connectivity index (χ1n) is 12.2. The van der Waals surface area contributed by atoms with Crippen LogP contribution < -0.4 is 10.1 Å². The average Bonchev–Trinajstić information content (AvgIpc) is 2.89. The highest BCUT2D eigenvalue weighted by Crippen LogP contribution is 2.37. The largest absolute Gasteiger partial charge is 0.490 e. The fraction of sp³-hybridized carbons (Fsp3) is 0.267. The topological polar surface area (TPSA) is 54.5 Å². The van der Waals surface area contributed by atoms with Gasteiger partial charge in [-0.2, -0.15) is 0 Å². The van der Waals surface area contributed by atoms with Crippen LogP contribution in [0, 0.1) is 0 Å². The summed E-state index contributed by atoms with van der Waals surface area (Å²) in [5, 5.41) is 4.17. The third-order valence-corrected chi connectivity index (χ3v) is 6.07. The SMILES string of the molecule is CC[C@H](NC(=O)Cc1c(OCCN(C)C)c(-c2ccccc2)nc2ccccc12)c1ccccc1. The second-order valence-corrected chi connectivity index (χ2v) is 8.92. The van der Waals surface area contributed by atoms with Gasteiger partial charge in [0.15, 0.2) is 0 Å². The molecule has 0 fully saturated rings. The summed E-state index contributed by atoms with van der Waals surface area (Å²) in [6.45, 7) is 3.35. The van der Waals surface area contributed by atoms with Gasteiger partial charge in [-0.1, -0.05) is 85.8 Å². The number of pyridine rings is 1. The van der Waals surface area contributed by atoms with Gasteiger partial charge < -0.3 is 15.0 Å². The molecule has 1 atom stereocenters. The zero-order valence-electron chi connectivity index (χ0n) is 20.7. The first-order valence-corrected chi connectivity index (χ1v) is 12.2. The normalized spacial score (nSPS) is 12.0. The van der Waals surface area contributed by atoms with Crippen molar-refractivity contribution < 1.29 is 9.53 Å². The number of carbonyl (C=O) groups excluding carboxylic acids is 1. The molecular weight excluding hydrogens is 434 g/mol. The van der Waals surface area contributed by atoms with Crippen LogP contribution in [-0.2, 0) is 11.2 Å². The number of fused-ring (bicyclic) bond motifs is 1. The molecule has 5 nitrogen and oxygen atoms in total. The van der Waals surface area contributed by atoms with Gasteiger partial charge in [0.2, 0.25) is 5.91 Å². The van der Waals surface area contributed by atoms with E-state index in [0.717, 1.165) is 46.3 Å². The number of para-hydroxylation sites is 1. The molecule has 4 rings (SSSR count). The number of benzene rings is 3. The fourth-order valence-electron chi connectivity index (χ4n) is 4.23. The third-order valence-electron chi connectivity index (χ3n) is 6.07. The lowest BCUT2D eigenvalue weighted by molar-refractivity contribution is -0.121. The van der Waals surface area contributed by atoms with Gasteiger partial charge in [-0.25, -0.2) is 4.98 Å². The molecule has 0 radical (unpaired) electrons. The van der Waals surface area contributed by atoms with E-state index in [-0.39, 0.29) is 18.4 Å². The number of amides is 1. The molecule has 3 aromatic carbocycles. The Morgan fingerprint density at radius 2 is 1.60 bits per heavy atom. The highest BCUT2D eigenvalue weighted by molar-refractivity contribution is 5.93. The van der Waals surface area contributed by atoms with Gasteiger partial charge in [-0.05, 0) is 32.1 Å². The predicted molar refractivity (Wildman–Crippen MR) is 143 cm³/mol. The second-order valence-electron chi connectivity index (χ2n) is 8.92. The van der Waals surface area contributed by atoms with Gasteiger partial charge in [0.25, 0.3) is 0 Å². The van der Waals surface area contributed by atoms with Crippen molar-refractivity contribution in [2.45, 2.75) is 25.8 Å². The van der Waals surface area contributed by atoms with Gasteiger partial charge in [-0.15, -0.1) is 0 Å². The smallest absolute Gasteiger partial charge is 0.225 e. The summed E-state index contributed by atoms with van der Waals surface area (Å²) in [6, 6.07) is 28.1. The molecule has 0 unspecified atom stereocenters. The molecule has 0 saturated heterocycles. The Morgan fingerprint density at radius 1 is 0.943 bits per heavy atom. The van der Waals surface area contributed by atoms with E-state index in [1.807, 2.05) is 86.9 Å². The van der Waals surface area contributed by atoms with Crippen LogP contribution in [0.15, 0.2) is 84.9 Å². The van der Waals surface area contributed by atoms with E-state index in [2.05, 4.69) is 29.3 Å². The molecule has 1 amide bonds. The molecule has 1 aromatic heterocycles. The van der Waals surface area contributed by atoms with Crippen LogP contribution in [0.25, 0.3) is 22.2 Å². The maximum absolute atomic E-state index is 13.4. The number of ether oxygens (including phenoxy) is 1. The van der Waals surface area contributed by atoms with E-state index in [9.17, 15) is 4.79 Å². The van der Waals surface area contributed by atoms with Crippen LogP contribution in [0.3, 0.4) is 0 Å². The summed E-state index contributed by atoms with van der Waals surface area (Å²) in [4.78, 5) is 20.4. The van der Waals surface area contributed by atoms with Gasteiger partial charge in [-0.3, -0.25) is 4.79 Å². The molecular formula is C30H33N3O2. The van der Waals surface area contributed by atoms with Crippen molar-refractivity contribution in [3.8, 4) is 17.0 Å². The second kappa shape index (κ2) is 11.6. The maximum Gasteiger partial charge on any atom is 0.225 e. The zero-order chi connectivity index (χ0) is 24.6. The number of carbonyl (C=O) groups is 1. The molecule has 1 N–H and O–H groups in total. The highest BCUT2D eigenvalue weighted by atomic mass is 16.5. The minimum absolute atomic E-state index is 0.0338. The van der Waals surface area contributed by atoms with Crippen molar-refractivity contribution in [2.75, 3.05) is 27.2 Å². The molecule has 0 aliphatic carbocycles. The first kappa shape index (κ1) is 24.4. The van der Waals surface area contributed by atoms with E-state index < -0.39 is 0 Å². The highest BCUT2D eigenvalue weighted by Gasteiger charge is 2.21. The van der Waals surface area contributed by atoms with Gasteiger partial charge in [0.05, 0.1) is 18.0 Å². The summed E-state index contributed by atoms with van der Waals surface area (Å²) < 4.78 is 6.37. The lowest BCUT2D eigenvalue weighted by Crippen LogP contribution is -2.30. The van der Waals surface area contributed by atoms with Gasteiger partial charge in [0.1, 0.15) is 18.1 Å². The monoisotopic (exact) mass is 467 g/mol. The van der Waals surface area contributed by atoms with Gasteiger partial charge >= 0.3 is 0 Å². The maximum atomic E-state index is 13.4. The Balaban J connectivity index is 1.74. The Hall–Kier alpha value is -3.70. The van der Waals surface area contributed by atoms with Crippen LogP contribution in [0.5, 0.6) is 5.75 Å². The molecule has 1 heterocycles. The lowest BCUT2D eigenvalue weighted by Gasteiger charge is -2.21. The number of nitrogens with zero attached hydrogens (tertiary/aromatic N) is 2. The van der Waals surface area contributed by atoms with Crippen molar-refractivity contribution in [1.82, 2.24) is 15.2 Å². The van der Waals surface area contributed by atoms with E-state index in [0.29, 0.717) is 12.4 Å². The minimum atomic E-state index is -0.0384. The standard InChI is InChI=1S/C30H33N3O2/c1-4-26(22-13-7-5-8-14-22)31-28(34)21-25-24-17-11-12-18-27(24)32-29(23-15-9-6-10-16-23)30(25)35-20-19-33(2)3/h5-18,26H,4,19-21H2,1-3H3,(H,31,34)/t26-/m0/s1. The van der Waals surface area contributed by atoms with Crippen molar-refractivity contribution in [2.24, 2.45) is 0 Å². The van der Waals surface area contributed by atoms with Crippen LogP contribution in [-0.4, -0.2) is 43.0 Å². The molecule has 180 valence electrons. The number of aromatic nitrogens is 1. The molecule has 0 aliphatic rings. The summed E-state index contributed by atoms with van der Waals surface area (Å²) in [5.41, 5.74) is 4.56. The van der Waals surface area contributed by atoms with Crippen molar-refractivity contribution >= 4 is 16.8 Å². The minimum Gasteiger partial charge on any atom is -0.490 e. The summed E-state index contributed by atoms with van der Waals surface area (Å²) >= 11 is 0. The molecule has 5 heteroatoms. The molecule has 35 heavy (non-hydrogen) atoms. The Morgan fingerprint density at radius 3 is 2.29 bits per heavy atom. The van der Waals surface area contributed by atoms with Crippen molar-refractivity contribution in [1.29, 1.82) is 0 Å². The summed E-state index contributed by atoms with van der Waals surface area (Å²) in [7, 11) is 4.03. The zero-order valence-corrected chi connectivity index (χ0v) is 20.7. The molecule has 0 spiro atoms. The molecule has 0 saturated carbocycles. The van der Waals surface area contributed by atoms with Gasteiger partial charge in [0, 0.05) is 23.1 Å². The summed E-state index contributed by atoms with van der Waals surface area (Å²) in [6.07, 6.45) is 1.03. The Labute approximate surface area is 207 Å². The van der Waals surface area contributed by atoms with E-state index in [1.165, 1.54) is 0 Å². The van der Waals surface area contributed by atoms with E-state index in [1.54, 1.807) is 0 Å².